The molecule has 0 aliphatic carbocycles. The van der Waals surface area contributed by atoms with E-state index in [1.165, 1.54) is 23.5 Å². The normalized spacial score (nSPS) is 11.5. The van der Waals surface area contributed by atoms with Crippen molar-refractivity contribution in [1.82, 2.24) is 4.72 Å². The molecule has 1 aromatic heterocycles. The van der Waals surface area contributed by atoms with Crippen LogP contribution in [0.15, 0.2) is 39.0 Å². The Balaban J connectivity index is 2.33. The second-order valence-corrected chi connectivity index (χ2v) is 7.67. The number of carboxylic acid groups (broad SMARTS) is 1. The minimum absolute atomic E-state index is 0.0639. The van der Waals surface area contributed by atoms with Crippen molar-refractivity contribution in [2.45, 2.75) is 11.4 Å². The van der Waals surface area contributed by atoms with Crippen LogP contribution < -0.4 is 10.5 Å². The third-order valence-electron chi connectivity index (χ3n) is 2.64. The van der Waals surface area contributed by atoms with Gasteiger partial charge in [0.2, 0.25) is 10.0 Å². The third kappa shape index (κ3) is 3.62. The van der Waals surface area contributed by atoms with Crippen LogP contribution in [0.3, 0.4) is 0 Å². The number of carbonyl (C=O) groups is 1. The summed E-state index contributed by atoms with van der Waals surface area (Å²) < 4.78 is 27.7. The molecule has 0 bridgehead atoms. The maximum Gasteiger partial charge on any atom is 0.337 e. The lowest BCUT2D eigenvalue weighted by Gasteiger charge is -2.10. The molecule has 0 saturated heterocycles. The number of sulfonamides is 1. The molecule has 0 aliphatic heterocycles. The van der Waals surface area contributed by atoms with Crippen LogP contribution in [-0.2, 0) is 16.6 Å². The fraction of sp³-hybridized carbons (Fsp3) is 0.0833. The molecule has 112 valence electrons. The van der Waals surface area contributed by atoms with Gasteiger partial charge in [0.25, 0.3) is 0 Å². The van der Waals surface area contributed by atoms with Crippen molar-refractivity contribution in [1.29, 1.82) is 0 Å². The number of nitrogens with one attached hydrogen (secondary N) is 1. The van der Waals surface area contributed by atoms with Crippen molar-refractivity contribution < 1.29 is 18.3 Å². The lowest BCUT2D eigenvalue weighted by molar-refractivity contribution is 0.0692. The van der Waals surface area contributed by atoms with Crippen molar-refractivity contribution in [2.75, 3.05) is 5.73 Å². The summed E-state index contributed by atoms with van der Waals surface area (Å²) in [5.41, 5.74) is 5.41. The quantitative estimate of drug-likeness (QED) is 0.678. The Labute approximate surface area is 133 Å². The van der Waals surface area contributed by atoms with E-state index in [1.807, 2.05) is 5.38 Å². The molecule has 9 heteroatoms. The van der Waals surface area contributed by atoms with Gasteiger partial charge in [0, 0.05) is 21.6 Å². The molecule has 0 saturated carbocycles. The summed E-state index contributed by atoms with van der Waals surface area (Å²) in [6.07, 6.45) is 0. The fourth-order valence-electron chi connectivity index (χ4n) is 1.63. The molecular formula is C12H11BrN2O4S2. The Morgan fingerprint density at radius 3 is 2.67 bits per heavy atom. The first-order valence-electron chi connectivity index (χ1n) is 5.65. The average Bonchev–Trinajstić information content (AvgIpc) is 2.81. The summed E-state index contributed by atoms with van der Waals surface area (Å²) in [7, 11) is -3.98. The highest BCUT2D eigenvalue weighted by molar-refractivity contribution is 9.10. The maximum atomic E-state index is 12.3. The van der Waals surface area contributed by atoms with Gasteiger partial charge in [-0.1, -0.05) is 0 Å². The number of aromatic carboxylic acids is 1. The van der Waals surface area contributed by atoms with E-state index in [4.69, 9.17) is 10.8 Å². The molecule has 6 nitrogen and oxygen atoms in total. The van der Waals surface area contributed by atoms with Crippen molar-refractivity contribution in [3.63, 3.8) is 0 Å². The standard InChI is InChI=1S/C12H11BrN2O4S2/c13-9-3-4-20-10(9)6-15-21(18,19)11-5-7(14)1-2-8(11)12(16)17/h1-5,15H,6,14H2,(H,16,17). The predicted octanol–water partition coefficient (Wildman–Crippen LogP) is 2.27. The van der Waals surface area contributed by atoms with Gasteiger partial charge in [0.05, 0.1) is 10.5 Å². The molecule has 2 rings (SSSR count). The molecule has 1 heterocycles. The van der Waals surface area contributed by atoms with Crippen molar-refractivity contribution in [2.24, 2.45) is 0 Å². The zero-order valence-electron chi connectivity index (χ0n) is 10.5. The highest BCUT2D eigenvalue weighted by atomic mass is 79.9. The number of nitrogens with two attached hydrogens (primary N) is 1. The zero-order chi connectivity index (χ0) is 15.6. The molecule has 0 atom stereocenters. The predicted molar refractivity (Wildman–Crippen MR) is 83.9 cm³/mol. The number of rotatable bonds is 5. The van der Waals surface area contributed by atoms with Crippen LogP contribution in [0.25, 0.3) is 0 Å². The molecule has 0 amide bonds. The van der Waals surface area contributed by atoms with Crippen LogP contribution >= 0.6 is 27.3 Å². The fourth-order valence-corrected chi connectivity index (χ4v) is 4.38. The number of halogens is 1. The van der Waals surface area contributed by atoms with Crippen molar-refractivity contribution >= 4 is 48.9 Å². The molecule has 4 N–H and O–H groups in total. The molecule has 0 fully saturated rings. The van der Waals surface area contributed by atoms with Crippen LogP contribution in [0, 0.1) is 0 Å². The summed E-state index contributed by atoms with van der Waals surface area (Å²) in [4.78, 5) is 11.6. The average molecular weight is 391 g/mol. The van der Waals surface area contributed by atoms with Crippen molar-refractivity contribution in [3.05, 3.63) is 44.6 Å². The summed E-state index contributed by atoms with van der Waals surface area (Å²) in [6, 6.07) is 5.46. The van der Waals surface area contributed by atoms with Crippen LogP contribution in [0.5, 0.6) is 0 Å². The first-order valence-corrected chi connectivity index (χ1v) is 8.81. The molecule has 0 unspecified atom stereocenters. The van der Waals surface area contributed by atoms with E-state index in [-0.39, 0.29) is 22.7 Å². The second kappa shape index (κ2) is 6.14. The molecule has 0 radical (unpaired) electrons. The summed E-state index contributed by atoms with van der Waals surface area (Å²) in [5.74, 6) is -1.33. The number of carboxylic acids is 1. The van der Waals surface area contributed by atoms with Gasteiger partial charge < -0.3 is 10.8 Å². The first kappa shape index (κ1) is 16.0. The molecule has 0 spiro atoms. The summed E-state index contributed by atoms with van der Waals surface area (Å²) in [6.45, 7) is 0.0639. The highest BCUT2D eigenvalue weighted by Crippen LogP contribution is 2.24. The summed E-state index contributed by atoms with van der Waals surface area (Å²) >= 11 is 4.69. The van der Waals surface area contributed by atoms with Gasteiger partial charge >= 0.3 is 5.97 Å². The monoisotopic (exact) mass is 390 g/mol. The second-order valence-electron chi connectivity index (χ2n) is 4.08. The van der Waals surface area contributed by atoms with E-state index in [9.17, 15) is 13.2 Å². The minimum atomic E-state index is -3.98. The van der Waals surface area contributed by atoms with Crippen LogP contribution in [0.1, 0.15) is 15.2 Å². The largest absolute Gasteiger partial charge is 0.478 e. The SMILES string of the molecule is Nc1ccc(C(=O)O)c(S(=O)(=O)NCc2sccc2Br)c1. The van der Waals surface area contributed by atoms with Crippen molar-refractivity contribution in [3.8, 4) is 0 Å². The molecule has 21 heavy (non-hydrogen) atoms. The zero-order valence-corrected chi connectivity index (χ0v) is 13.8. The van der Waals surface area contributed by atoms with Crippen LogP contribution in [-0.4, -0.2) is 19.5 Å². The number of hydrogen-bond donors (Lipinski definition) is 3. The Bertz CT molecular complexity index is 786. The Morgan fingerprint density at radius 2 is 2.10 bits per heavy atom. The molecular weight excluding hydrogens is 380 g/mol. The minimum Gasteiger partial charge on any atom is -0.478 e. The topological polar surface area (TPSA) is 109 Å². The van der Waals surface area contributed by atoms with Crippen LogP contribution in [0.4, 0.5) is 5.69 Å². The third-order valence-corrected chi connectivity index (χ3v) is 6.01. The van der Waals surface area contributed by atoms with E-state index in [1.54, 1.807) is 6.07 Å². The first-order chi connectivity index (χ1) is 9.81. The van der Waals surface area contributed by atoms with E-state index in [0.29, 0.717) is 0 Å². The van der Waals surface area contributed by atoms with E-state index in [0.717, 1.165) is 15.4 Å². The number of thiophene rings is 1. The van der Waals surface area contributed by atoms with E-state index < -0.39 is 16.0 Å². The van der Waals surface area contributed by atoms with Gasteiger partial charge in [-0.15, -0.1) is 11.3 Å². The smallest absolute Gasteiger partial charge is 0.337 e. The Kier molecular flexibility index (Phi) is 4.67. The highest BCUT2D eigenvalue weighted by Gasteiger charge is 2.22. The Hall–Kier alpha value is -1.42. The van der Waals surface area contributed by atoms with Crippen LogP contribution in [0.2, 0.25) is 0 Å². The van der Waals surface area contributed by atoms with E-state index >= 15 is 0 Å². The molecule has 0 aliphatic rings. The van der Waals surface area contributed by atoms with Gasteiger partial charge in [-0.2, -0.15) is 0 Å². The van der Waals surface area contributed by atoms with Gasteiger partial charge in [-0.05, 0) is 45.6 Å². The van der Waals surface area contributed by atoms with E-state index in [2.05, 4.69) is 20.7 Å². The number of benzene rings is 1. The lowest BCUT2D eigenvalue weighted by Crippen LogP contribution is -2.25. The lowest BCUT2D eigenvalue weighted by atomic mass is 10.2. The summed E-state index contributed by atoms with van der Waals surface area (Å²) in [5, 5.41) is 10.9. The number of hydrogen-bond acceptors (Lipinski definition) is 5. The maximum absolute atomic E-state index is 12.3. The van der Waals surface area contributed by atoms with Gasteiger partial charge in [0.1, 0.15) is 0 Å². The Morgan fingerprint density at radius 1 is 1.38 bits per heavy atom. The number of anilines is 1. The van der Waals surface area contributed by atoms with Gasteiger partial charge in [-0.25, -0.2) is 17.9 Å². The number of nitrogen functional groups attached to an aromatic ring is 1. The molecule has 1 aromatic carbocycles. The van der Waals surface area contributed by atoms with Gasteiger partial charge in [-0.3, -0.25) is 0 Å². The molecule has 2 aromatic rings. The van der Waals surface area contributed by atoms with Gasteiger partial charge in [0.15, 0.2) is 0 Å².